The van der Waals surface area contributed by atoms with E-state index in [0.29, 0.717) is 41.7 Å². The molecular weight excluding hydrogens is 497 g/mol. The van der Waals surface area contributed by atoms with Crippen molar-refractivity contribution in [2.45, 2.75) is 19.9 Å². The Morgan fingerprint density at radius 1 is 1.08 bits per heavy atom. The summed E-state index contributed by atoms with van der Waals surface area (Å²) < 4.78 is 7.29. The zero-order valence-electron chi connectivity index (χ0n) is 21.1. The highest BCUT2D eigenvalue weighted by molar-refractivity contribution is 6.36. The average molecular weight is 531 g/mol. The molecule has 0 unspecified atom stereocenters. The average Bonchev–Trinajstić information content (AvgIpc) is 3.20. The van der Waals surface area contributed by atoms with Crippen LogP contribution in [-0.2, 0) is 11.3 Å². The van der Waals surface area contributed by atoms with Gasteiger partial charge in [-0.3, -0.25) is 4.79 Å². The van der Waals surface area contributed by atoms with E-state index in [0.717, 1.165) is 48.9 Å². The Bertz CT molecular complexity index is 1180. The standard InChI is InChI=1S/C27H33Cl2N5O2/c1-20-24(19-33(12-7-17-36-3)27(35)23-11-10-21(28)18-25(23)29)26(32-15-13-31(2)14-16-32)34(30-20)22-8-5-4-6-9-22/h4-6,8-11,18H,7,12-17,19H2,1-3H3. The summed E-state index contributed by atoms with van der Waals surface area (Å²) in [6, 6.07) is 15.2. The molecule has 0 saturated carbocycles. The smallest absolute Gasteiger partial charge is 0.255 e. The summed E-state index contributed by atoms with van der Waals surface area (Å²) in [5, 5.41) is 5.79. The van der Waals surface area contributed by atoms with E-state index in [4.69, 9.17) is 33.0 Å². The number of aryl methyl sites for hydroxylation is 1. The second kappa shape index (κ2) is 12.1. The molecule has 3 aromatic rings. The molecule has 2 aromatic carbocycles. The van der Waals surface area contributed by atoms with Gasteiger partial charge in [-0.05, 0) is 50.7 Å². The number of carbonyl (C=O) groups is 1. The number of rotatable bonds is 9. The number of anilines is 1. The van der Waals surface area contributed by atoms with Crippen molar-refractivity contribution >= 4 is 34.9 Å². The van der Waals surface area contributed by atoms with E-state index >= 15 is 0 Å². The lowest BCUT2D eigenvalue weighted by molar-refractivity contribution is 0.0724. The van der Waals surface area contributed by atoms with Gasteiger partial charge in [0, 0.05) is 57.0 Å². The maximum absolute atomic E-state index is 13.7. The third-order valence-electron chi connectivity index (χ3n) is 6.54. The number of halogens is 2. The number of hydrogen-bond donors (Lipinski definition) is 0. The predicted octanol–water partition coefficient (Wildman–Crippen LogP) is 4.92. The molecule has 1 saturated heterocycles. The number of para-hydroxylation sites is 1. The normalized spacial score (nSPS) is 14.3. The number of carbonyl (C=O) groups excluding carboxylic acids is 1. The minimum atomic E-state index is -0.135. The number of benzene rings is 2. The molecule has 4 rings (SSSR count). The van der Waals surface area contributed by atoms with Crippen molar-refractivity contribution in [2.24, 2.45) is 0 Å². The van der Waals surface area contributed by atoms with Crippen LogP contribution in [0.3, 0.4) is 0 Å². The Morgan fingerprint density at radius 2 is 1.81 bits per heavy atom. The molecule has 0 spiro atoms. The third-order valence-corrected chi connectivity index (χ3v) is 7.08. The van der Waals surface area contributed by atoms with Crippen LogP contribution in [0.5, 0.6) is 0 Å². The molecule has 2 heterocycles. The lowest BCUT2D eigenvalue weighted by Gasteiger charge is -2.35. The van der Waals surface area contributed by atoms with Gasteiger partial charge in [0.2, 0.25) is 0 Å². The summed E-state index contributed by atoms with van der Waals surface area (Å²) in [5.74, 6) is 0.905. The third kappa shape index (κ3) is 6.03. The second-order valence-corrected chi connectivity index (χ2v) is 9.97. The molecule has 1 aromatic heterocycles. The Kier molecular flexibility index (Phi) is 8.90. The van der Waals surface area contributed by atoms with Crippen molar-refractivity contribution in [1.29, 1.82) is 0 Å². The van der Waals surface area contributed by atoms with Crippen molar-refractivity contribution in [1.82, 2.24) is 19.6 Å². The highest BCUT2D eigenvalue weighted by Gasteiger charge is 2.28. The largest absolute Gasteiger partial charge is 0.385 e. The van der Waals surface area contributed by atoms with Crippen LogP contribution in [0.1, 0.15) is 28.0 Å². The molecule has 36 heavy (non-hydrogen) atoms. The Morgan fingerprint density at radius 3 is 2.47 bits per heavy atom. The monoisotopic (exact) mass is 529 g/mol. The quantitative estimate of drug-likeness (QED) is 0.368. The van der Waals surface area contributed by atoms with Crippen LogP contribution in [0.2, 0.25) is 10.0 Å². The summed E-state index contributed by atoms with van der Waals surface area (Å²) in [6.45, 7) is 7.24. The highest BCUT2D eigenvalue weighted by Crippen LogP contribution is 2.31. The van der Waals surface area contributed by atoms with Crippen LogP contribution in [0, 0.1) is 6.92 Å². The van der Waals surface area contributed by atoms with Crippen molar-refractivity contribution in [2.75, 3.05) is 58.4 Å². The first-order chi connectivity index (χ1) is 17.4. The van der Waals surface area contributed by atoms with Gasteiger partial charge < -0.3 is 19.4 Å². The molecule has 9 heteroatoms. The minimum absolute atomic E-state index is 0.135. The molecule has 0 radical (unpaired) electrons. The van der Waals surface area contributed by atoms with Gasteiger partial charge in [0.05, 0.1) is 28.5 Å². The van der Waals surface area contributed by atoms with Gasteiger partial charge in [0.1, 0.15) is 5.82 Å². The van der Waals surface area contributed by atoms with Gasteiger partial charge in [-0.1, -0.05) is 41.4 Å². The zero-order valence-corrected chi connectivity index (χ0v) is 22.6. The molecular formula is C27H33Cl2N5O2. The van der Waals surface area contributed by atoms with Gasteiger partial charge >= 0.3 is 0 Å². The SMILES string of the molecule is COCCCN(Cc1c(C)nn(-c2ccccc2)c1N1CCN(C)CC1)C(=O)c1ccc(Cl)cc1Cl. The second-order valence-electron chi connectivity index (χ2n) is 9.12. The molecule has 1 aliphatic rings. The molecule has 0 bridgehead atoms. The Labute approximate surface area is 223 Å². The van der Waals surface area contributed by atoms with Crippen LogP contribution in [-0.4, -0.2) is 79.0 Å². The van der Waals surface area contributed by atoms with Gasteiger partial charge in [-0.15, -0.1) is 0 Å². The highest BCUT2D eigenvalue weighted by atomic mass is 35.5. The van der Waals surface area contributed by atoms with E-state index in [9.17, 15) is 4.79 Å². The van der Waals surface area contributed by atoms with Gasteiger partial charge in [0.15, 0.2) is 0 Å². The molecule has 0 atom stereocenters. The molecule has 1 fully saturated rings. The number of hydrogen-bond acceptors (Lipinski definition) is 5. The van der Waals surface area contributed by atoms with Crippen LogP contribution in [0.25, 0.3) is 5.69 Å². The molecule has 0 aliphatic carbocycles. The summed E-state index contributed by atoms with van der Waals surface area (Å²) >= 11 is 12.5. The predicted molar refractivity (Wildman–Crippen MR) is 146 cm³/mol. The number of likely N-dealkylation sites (N-methyl/N-ethyl adjacent to an activating group) is 1. The Hall–Kier alpha value is -2.58. The lowest BCUT2D eigenvalue weighted by atomic mass is 10.1. The number of amides is 1. The summed E-state index contributed by atoms with van der Waals surface area (Å²) in [7, 11) is 3.81. The van der Waals surface area contributed by atoms with Crippen molar-refractivity contribution in [3.8, 4) is 5.69 Å². The van der Waals surface area contributed by atoms with Gasteiger partial charge in [-0.25, -0.2) is 4.68 Å². The molecule has 0 N–H and O–H groups in total. The van der Waals surface area contributed by atoms with Crippen molar-refractivity contribution in [3.05, 3.63) is 75.4 Å². The molecule has 1 aliphatic heterocycles. The lowest BCUT2D eigenvalue weighted by Crippen LogP contribution is -2.45. The fourth-order valence-electron chi connectivity index (χ4n) is 4.50. The zero-order chi connectivity index (χ0) is 25.7. The number of piperazine rings is 1. The minimum Gasteiger partial charge on any atom is -0.385 e. The van der Waals surface area contributed by atoms with Crippen LogP contribution in [0.4, 0.5) is 5.82 Å². The van der Waals surface area contributed by atoms with Crippen molar-refractivity contribution < 1.29 is 9.53 Å². The summed E-state index contributed by atoms with van der Waals surface area (Å²) in [5.41, 5.74) is 3.38. The maximum Gasteiger partial charge on any atom is 0.255 e. The van der Waals surface area contributed by atoms with Crippen molar-refractivity contribution in [3.63, 3.8) is 0 Å². The van der Waals surface area contributed by atoms with E-state index in [1.165, 1.54) is 0 Å². The first-order valence-electron chi connectivity index (χ1n) is 12.2. The maximum atomic E-state index is 13.7. The van der Waals surface area contributed by atoms with Gasteiger partial charge in [0.25, 0.3) is 5.91 Å². The van der Waals surface area contributed by atoms with Crippen LogP contribution < -0.4 is 4.90 Å². The molecule has 7 nitrogen and oxygen atoms in total. The summed E-state index contributed by atoms with van der Waals surface area (Å²) in [6.07, 6.45) is 0.711. The first kappa shape index (κ1) is 26.5. The summed E-state index contributed by atoms with van der Waals surface area (Å²) in [4.78, 5) is 20.3. The number of methoxy groups -OCH3 is 1. The molecule has 1 amide bonds. The van der Waals surface area contributed by atoms with E-state index < -0.39 is 0 Å². The number of aromatic nitrogens is 2. The Balaban J connectivity index is 1.74. The van der Waals surface area contributed by atoms with E-state index in [1.807, 2.05) is 34.7 Å². The van der Waals surface area contributed by atoms with E-state index in [-0.39, 0.29) is 5.91 Å². The topological polar surface area (TPSA) is 53.8 Å². The number of ether oxygens (including phenoxy) is 1. The molecule has 192 valence electrons. The fourth-order valence-corrected chi connectivity index (χ4v) is 4.99. The number of nitrogens with zero attached hydrogens (tertiary/aromatic N) is 5. The van der Waals surface area contributed by atoms with Crippen LogP contribution >= 0.6 is 23.2 Å². The first-order valence-corrected chi connectivity index (χ1v) is 12.9. The fraction of sp³-hybridized carbons (Fsp3) is 0.407. The van der Waals surface area contributed by atoms with E-state index in [2.05, 4.69) is 29.0 Å². The van der Waals surface area contributed by atoms with Crippen LogP contribution in [0.15, 0.2) is 48.5 Å². The van der Waals surface area contributed by atoms with E-state index in [1.54, 1.807) is 25.3 Å². The van der Waals surface area contributed by atoms with Gasteiger partial charge in [-0.2, -0.15) is 5.10 Å².